The number of carbonyl (C=O) groups excluding carboxylic acids is 1. The van der Waals surface area contributed by atoms with E-state index in [9.17, 15) is 9.90 Å². The second kappa shape index (κ2) is 9.38. The van der Waals surface area contributed by atoms with E-state index >= 15 is 0 Å². The Kier molecular flexibility index (Phi) is 6.65. The van der Waals surface area contributed by atoms with Crippen molar-refractivity contribution in [2.45, 2.75) is 119 Å². The summed E-state index contributed by atoms with van der Waals surface area (Å²) >= 11 is 0. The minimum atomic E-state index is -0.340. The summed E-state index contributed by atoms with van der Waals surface area (Å²) in [6, 6.07) is 1.82. The van der Waals surface area contributed by atoms with Gasteiger partial charge < -0.3 is 10.4 Å². The Morgan fingerprint density at radius 2 is 1.68 bits per heavy atom. The molecule has 0 aliphatic heterocycles. The van der Waals surface area contributed by atoms with Crippen LogP contribution in [0.3, 0.4) is 0 Å². The number of aliphatic hydroxyl groups excluding tert-OH is 1. The zero-order valence-electron chi connectivity index (χ0n) is 26.1. The predicted molar refractivity (Wildman–Crippen MR) is 159 cm³/mol. The fourth-order valence-electron chi connectivity index (χ4n) is 11.6. The van der Waals surface area contributed by atoms with Crippen molar-refractivity contribution in [3.8, 4) is 0 Å². The number of hydrogen-bond acceptors (Lipinski definition) is 4. The second-order valence-corrected chi connectivity index (χ2v) is 16.0. The molecule has 1 aromatic rings. The lowest BCUT2D eigenvalue weighted by Gasteiger charge is -2.71. The van der Waals surface area contributed by atoms with Crippen LogP contribution >= 0.6 is 0 Å². The summed E-state index contributed by atoms with van der Waals surface area (Å²) in [6.07, 6.45) is 15.7. The van der Waals surface area contributed by atoms with Crippen molar-refractivity contribution < 1.29 is 9.90 Å². The molecule has 6 rings (SSSR count). The van der Waals surface area contributed by atoms with Crippen molar-refractivity contribution in [1.82, 2.24) is 15.3 Å². The highest BCUT2D eigenvalue weighted by atomic mass is 16.3. The van der Waals surface area contributed by atoms with Crippen LogP contribution in [0.25, 0.3) is 0 Å². The molecule has 10 atom stereocenters. The van der Waals surface area contributed by atoms with E-state index in [1.807, 2.05) is 6.07 Å². The van der Waals surface area contributed by atoms with E-state index in [4.69, 9.17) is 0 Å². The Bertz CT molecular complexity index is 1180. The Morgan fingerprint density at radius 3 is 2.40 bits per heavy atom. The Balaban J connectivity index is 1.37. The monoisotopic (exact) mass is 547 g/mol. The number of carbonyl (C=O) groups is 1. The lowest BCUT2D eigenvalue weighted by Crippen LogP contribution is -2.66. The minimum absolute atomic E-state index is 0.0329. The quantitative estimate of drug-likeness (QED) is 0.395. The molecule has 2 N–H and O–H groups in total. The minimum Gasteiger partial charge on any atom is -0.393 e. The summed E-state index contributed by atoms with van der Waals surface area (Å²) in [4.78, 5) is 23.0. The number of nitrogens with one attached hydrogen (secondary N) is 1. The van der Waals surface area contributed by atoms with Crippen LogP contribution in [0.5, 0.6) is 0 Å². The lowest BCUT2D eigenvalue weighted by atomic mass is 9.33. The van der Waals surface area contributed by atoms with Crippen LogP contribution in [0.2, 0.25) is 0 Å². The van der Waals surface area contributed by atoms with Gasteiger partial charge in [0.25, 0.3) is 0 Å². The Morgan fingerprint density at radius 1 is 0.950 bits per heavy atom. The molecule has 0 unspecified atom stereocenters. The average molecular weight is 548 g/mol. The number of rotatable bonds is 3. The highest BCUT2D eigenvalue weighted by molar-refractivity contribution is 5.84. The molecule has 0 radical (unpaired) electrons. The zero-order chi connectivity index (χ0) is 28.7. The van der Waals surface area contributed by atoms with Gasteiger partial charge in [-0.15, -0.1) is 0 Å². The summed E-state index contributed by atoms with van der Waals surface area (Å²) in [6.45, 7) is 17.7. The lowest BCUT2D eigenvalue weighted by molar-refractivity contribution is -0.204. The van der Waals surface area contributed by atoms with Crippen LogP contribution in [-0.2, 0) is 11.3 Å². The van der Waals surface area contributed by atoms with Gasteiger partial charge in [-0.05, 0) is 115 Å². The van der Waals surface area contributed by atoms with Gasteiger partial charge in [-0.2, -0.15) is 0 Å². The first-order valence-electron chi connectivity index (χ1n) is 16.2. The van der Waals surface area contributed by atoms with Crippen molar-refractivity contribution in [2.75, 3.05) is 0 Å². The van der Waals surface area contributed by atoms with Crippen molar-refractivity contribution in [3.05, 3.63) is 35.9 Å². The van der Waals surface area contributed by atoms with Crippen LogP contribution in [0.15, 0.2) is 30.1 Å². The van der Waals surface area contributed by atoms with Crippen molar-refractivity contribution >= 4 is 5.91 Å². The first kappa shape index (κ1) is 28.4. The predicted octanol–water partition coefficient (Wildman–Crippen LogP) is 7.11. The first-order chi connectivity index (χ1) is 18.8. The SMILES string of the molecule is C[C@H]1[C@H](C)CC[C@]2(C(=O)NCc3ncccn3)CC[C@]3(C)C(=CC[C@@H]4[C@@]5(C)CC[C@H](O)C(C)(C)[C@@H]5CC[C@]43C)[C@H]12. The molecule has 0 saturated heterocycles. The normalized spacial score (nSPS) is 47.5. The van der Waals surface area contributed by atoms with Gasteiger partial charge in [-0.1, -0.05) is 60.1 Å². The third kappa shape index (κ3) is 3.71. The van der Waals surface area contributed by atoms with E-state index in [0.717, 1.165) is 44.9 Å². The van der Waals surface area contributed by atoms with Gasteiger partial charge in [0.2, 0.25) is 5.91 Å². The molecule has 40 heavy (non-hydrogen) atoms. The summed E-state index contributed by atoms with van der Waals surface area (Å²) in [7, 11) is 0. The summed E-state index contributed by atoms with van der Waals surface area (Å²) < 4.78 is 0. The Hall–Kier alpha value is -1.75. The standard InChI is InChI=1S/C35H53N3O2/c1-22-11-16-35(30(40)38-21-28-36-19-8-20-37-28)18-17-33(6)24(29(35)23(22)2)9-10-26-32(5)14-13-27(39)31(3,4)25(32)12-15-34(26,33)7/h8-9,19-20,22-23,25-27,29,39H,10-18,21H2,1-7H3,(H,38,40)/t22-,23+,25+,26-,27+,29+,32+,33-,34-,35+/m1/s1. The molecule has 5 aliphatic rings. The van der Waals surface area contributed by atoms with Gasteiger partial charge >= 0.3 is 0 Å². The highest BCUT2D eigenvalue weighted by Crippen LogP contribution is 2.75. The second-order valence-electron chi connectivity index (χ2n) is 16.0. The zero-order valence-corrected chi connectivity index (χ0v) is 26.1. The maximum atomic E-state index is 14.2. The molecule has 4 fully saturated rings. The summed E-state index contributed by atoms with van der Waals surface area (Å²) in [5, 5.41) is 14.3. The van der Waals surface area contributed by atoms with E-state index in [1.165, 1.54) is 12.8 Å². The number of amides is 1. The fourth-order valence-corrected chi connectivity index (χ4v) is 11.6. The van der Waals surface area contributed by atoms with Crippen molar-refractivity contribution in [1.29, 1.82) is 0 Å². The number of aliphatic hydroxyl groups is 1. The maximum Gasteiger partial charge on any atom is 0.227 e. The van der Waals surface area contributed by atoms with Gasteiger partial charge in [-0.25, -0.2) is 9.97 Å². The molecular weight excluding hydrogens is 494 g/mol. The van der Waals surface area contributed by atoms with Crippen LogP contribution in [-0.4, -0.2) is 27.1 Å². The van der Waals surface area contributed by atoms with Gasteiger partial charge in [-0.3, -0.25) is 4.79 Å². The number of hydrogen-bond donors (Lipinski definition) is 2. The van der Waals surface area contributed by atoms with E-state index in [0.29, 0.717) is 42.0 Å². The Labute approximate surface area is 242 Å². The fraction of sp³-hybridized carbons (Fsp3) is 0.800. The summed E-state index contributed by atoms with van der Waals surface area (Å²) in [5.41, 5.74) is 1.80. The molecule has 1 aromatic heterocycles. The molecule has 1 amide bonds. The highest BCUT2D eigenvalue weighted by Gasteiger charge is 2.69. The average Bonchev–Trinajstić information content (AvgIpc) is 2.92. The largest absolute Gasteiger partial charge is 0.393 e. The summed E-state index contributed by atoms with van der Waals surface area (Å²) in [5.74, 6) is 3.46. The van der Waals surface area contributed by atoms with Crippen molar-refractivity contribution in [3.63, 3.8) is 0 Å². The van der Waals surface area contributed by atoms with Gasteiger partial charge in [0.05, 0.1) is 18.1 Å². The third-order valence-corrected chi connectivity index (χ3v) is 14.4. The number of aromatic nitrogens is 2. The number of fused-ring (bicyclic) bond motifs is 7. The topological polar surface area (TPSA) is 75.1 Å². The smallest absolute Gasteiger partial charge is 0.227 e. The van der Waals surface area contributed by atoms with E-state index in [2.05, 4.69) is 69.8 Å². The molecule has 0 aromatic carbocycles. The number of allylic oxidation sites excluding steroid dienone is 2. The molecule has 5 heteroatoms. The molecule has 5 aliphatic carbocycles. The van der Waals surface area contributed by atoms with Gasteiger partial charge in [0, 0.05) is 12.4 Å². The van der Waals surface area contributed by atoms with E-state index in [-0.39, 0.29) is 39.1 Å². The third-order valence-electron chi connectivity index (χ3n) is 14.4. The van der Waals surface area contributed by atoms with E-state index in [1.54, 1.807) is 18.0 Å². The van der Waals surface area contributed by atoms with Crippen molar-refractivity contribution in [2.24, 2.45) is 56.7 Å². The van der Waals surface area contributed by atoms with Crippen LogP contribution in [0, 0.1) is 56.7 Å². The molecular formula is C35H53N3O2. The molecule has 1 heterocycles. The number of nitrogens with zero attached hydrogens (tertiary/aromatic N) is 2. The van der Waals surface area contributed by atoms with Gasteiger partial charge in [0.15, 0.2) is 0 Å². The van der Waals surface area contributed by atoms with Gasteiger partial charge in [0.1, 0.15) is 5.82 Å². The van der Waals surface area contributed by atoms with E-state index < -0.39 is 0 Å². The van der Waals surface area contributed by atoms with Crippen LogP contribution < -0.4 is 5.32 Å². The first-order valence-corrected chi connectivity index (χ1v) is 16.2. The molecule has 0 bridgehead atoms. The maximum absolute atomic E-state index is 14.2. The molecule has 5 nitrogen and oxygen atoms in total. The molecule has 4 saturated carbocycles. The molecule has 0 spiro atoms. The van der Waals surface area contributed by atoms with Crippen LogP contribution in [0.1, 0.15) is 112 Å². The van der Waals surface area contributed by atoms with Crippen LogP contribution in [0.4, 0.5) is 0 Å². The molecule has 220 valence electrons.